The molecule has 1 N–H and O–H groups in total. The van der Waals surface area contributed by atoms with Gasteiger partial charge in [0.05, 0.1) is 4.92 Å². The third-order valence-corrected chi connectivity index (χ3v) is 3.93. The third kappa shape index (κ3) is 3.15. The zero-order valence-electron chi connectivity index (χ0n) is 12.9. The lowest BCUT2D eigenvalue weighted by Gasteiger charge is -2.22. The molecule has 6 heteroatoms. The van der Waals surface area contributed by atoms with Crippen molar-refractivity contribution in [1.82, 2.24) is 5.32 Å². The fraction of sp³-hybridized carbons (Fsp3) is 0.235. The van der Waals surface area contributed by atoms with E-state index in [2.05, 4.69) is 27.3 Å². The molecule has 0 aliphatic carbocycles. The zero-order valence-corrected chi connectivity index (χ0v) is 12.9. The number of nitrogens with one attached hydrogen (secondary N) is 1. The van der Waals surface area contributed by atoms with E-state index in [4.69, 9.17) is 0 Å². The molecule has 0 aromatic heterocycles. The Morgan fingerprint density at radius 3 is 2.91 bits per heavy atom. The van der Waals surface area contributed by atoms with E-state index in [0.717, 1.165) is 24.5 Å². The van der Waals surface area contributed by atoms with Crippen LogP contribution in [0.15, 0.2) is 53.5 Å². The summed E-state index contributed by atoms with van der Waals surface area (Å²) in [7, 11) is 1.75. The van der Waals surface area contributed by atoms with Crippen molar-refractivity contribution in [2.24, 2.45) is 4.99 Å². The largest absolute Gasteiger partial charge is 0.352 e. The van der Waals surface area contributed by atoms with Crippen molar-refractivity contribution in [3.05, 3.63) is 69.8 Å². The van der Waals surface area contributed by atoms with E-state index in [1.807, 2.05) is 18.2 Å². The van der Waals surface area contributed by atoms with Crippen molar-refractivity contribution in [1.29, 1.82) is 0 Å². The van der Waals surface area contributed by atoms with Crippen molar-refractivity contribution in [3.63, 3.8) is 0 Å². The average Bonchev–Trinajstić information content (AvgIpc) is 3.00. The Balaban J connectivity index is 1.72. The first kappa shape index (κ1) is 15.0. The number of aliphatic imine (C=N–C) groups is 1. The molecule has 2 aromatic rings. The van der Waals surface area contributed by atoms with Crippen LogP contribution >= 0.6 is 0 Å². The van der Waals surface area contributed by atoms with Gasteiger partial charge in [-0.15, -0.1) is 0 Å². The van der Waals surface area contributed by atoms with Crippen LogP contribution in [0.25, 0.3) is 0 Å². The van der Waals surface area contributed by atoms with Gasteiger partial charge in [-0.05, 0) is 23.6 Å². The summed E-state index contributed by atoms with van der Waals surface area (Å²) in [5.74, 6) is 0.779. The number of nitro benzene ring substituents is 1. The number of para-hydroxylation sites is 1. The van der Waals surface area contributed by atoms with Crippen LogP contribution in [0.4, 0.5) is 11.4 Å². The quantitative estimate of drug-likeness (QED) is 0.409. The maximum atomic E-state index is 10.8. The smallest absolute Gasteiger partial charge is 0.269 e. The second-order valence-corrected chi connectivity index (χ2v) is 5.36. The van der Waals surface area contributed by atoms with E-state index >= 15 is 0 Å². The molecule has 0 bridgehead atoms. The van der Waals surface area contributed by atoms with E-state index in [9.17, 15) is 10.1 Å². The number of nitro groups is 1. The number of rotatable bonds is 3. The molecule has 0 radical (unpaired) electrons. The maximum Gasteiger partial charge on any atom is 0.269 e. The molecule has 1 heterocycles. The molecule has 3 rings (SSSR count). The molecule has 1 aliphatic rings. The highest BCUT2D eigenvalue weighted by molar-refractivity contribution is 5.97. The van der Waals surface area contributed by atoms with Crippen molar-refractivity contribution in [2.75, 3.05) is 18.5 Å². The molecule has 0 saturated heterocycles. The molecule has 0 amide bonds. The van der Waals surface area contributed by atoms with Crippen LogP contribution in [-0.4, -0.2) is 24.5 Å². The summed E-state index contributed by atoms with van der Waals surface area (Å²) in [4.78, 5) is 17.0. The lowest BCUT2D eigenvalue weighted by molar-refractivity contribution is -0.384. The van der Waals surface area contributed by atoms with Gasteiger partial charge < -0.3 is 10.2 Å². The molecular formula is C17H18N4O2. The maximum absolute atomic E-state index is 10.8. The van der Waals surface area contributed by atoms with Crippen LogP contribution in [0, 0.1) is 10.1 Å². The molecule has 0 spiro atoms. The highest BCUT2D eigenvalue weighted by Gasteiger charge is 2.22. The molecule has 118 valence electrons. The van der Waals surface area contributed by atoms with Gasteiger partial charge in [0.25, 0.3) is 5.69 Å². The summed E-state index contributed by atoms with van der Waals surface area (Å²) >= 11 is 0. The Hall–Kier alpha value is -2.89. The second-order valence-electron chi connectivity index (χ2n) is 5.36. The van der Waals surface area contributed by atoms with Gasteiger partial charge in [-0.25, -0.2) is 0 Å². The molecular weight excluding hydrogens is 292 g/mol. The summed E-state index contributed by atoms with van der Waals surface area (Å²) in [6, 6.07) is 14.9. The molecule has 1 aliphatic heterocycles. The van der Waals surface area contributed by atoms with Crippen molar-refractivity contribution >= 4 is 17.3 Å². The van der Waals surface area contributed by atoms with E-state index in [1.165, 1.54) is 17.3 Å². The number of anilines is 1. The number of benzene rings is 2. The first-order chi connectivity index (χ1) is 11.2. The molecule has 0 saturated carbocycles. The van der Waals surface area contributed by atoms with Crippen LogP contribution in [0.3, 0.4) is 0 Å². The summed E-state index contributed by atoms with van der Waals surface area (Å²) in [5.41, 5.74) is 3.43. The minimum Gasteiger partial charge on any atom is -0.352 e. The average molecular weight is 310 g/mol. The highest BCUT2D eigenvalue weighted by Crippen LogP contribution is 2.27. The number of fused-ring (bicyclic) bond motifs is 1. The van der Waals surface area contributed by atoms with Crippen molar-refractivity contribution in [3.8, 4) is 0 Å². The zero-order chi connectivity index (χ0) is 16.2. The van der Waals surface area contributed by atoms with Gasteiger partial charge in [-0.2, -0.15) is 0 Å². The normalized spacial score (nSPS) is 13.8. The Labute approximate surface area is 134 Å². The predicted molar refractivity (Wildman–Crippen MR) is 90.8 cm³/mol. The standard InChI is InChI=1S/C17H18N4O2/c1-18-17(20-10-9-14-6-2-3-8-16(14)20)19-12-13-5-4-7-15(11-13)21(22)23/h2-8,11H,9-10,12H2,1H3,(H,18,19). The number of nitrogens with zero attached hydrogens (tertiary/aromatic N) is 3. The van der Waals surface area contributed by atoms with Gasteiger partial charge >= 0.3 is 0 Å². The van der Waals surface area contributed by atoms with E-state index in [0.29, 0.717) is 6.54 Å². The topological polar surface area (TPSA) is 70.8 Å². The summed E-state index contributed by atoms with van der Waals surface area (Å²) < 4.78 is 0. The summed E-state index contributed by atoms with van der Waals surface area (Å²) in [6.45, 7) is 1.38. The van der Waals surface area contributed by atoms with Crippen LogP contribution in [0.1, 0.15) is 11.1 Å². The van der Waals surface area contributed by atoms with Crippen LogP contribution in [0.2, 0.25) is 0 Å². The van der Waals surface area contributed by atoms with Crippen LogP contribution in [-0.2, 0) is 13.0 Å². The molecule has 2 aromatic carbocycles. The SMILES string of the molecule is CN=C(NCc1cccc([N+](=O)[O-])c1)N1CCc2ccccc21. The van der Waals surface area contributed by atoms with Gasteiger partial charge in [-0.3, -0.25) is 15.1 Å². The van der Waals surface area contributed by atoms with Gasteiger partial charge in [0.15, 0.2) is 5.96 Å². The van der Waals surface area contributed by atoms with E-state index in [1.54, 1.807) is 19.2 Å². The lowest BCUT2D eigenvalue weighted by atomic mass is 10.2. The molecule has 6 nitrogen and oxygen atoms in total. The fourth-order valence-electron chi connectivity index (χ4n) is 2.81. The Morgan fingerprint density at radius 1 is 1.30 bits per heavy atom. The molecule has 23 heavy (non-hydrogen) atoms. The minimum atomic E-state index is -0.380. The number of non-ortho nitro benzene ring substituents is 1. The van der Waals surface area contributed by atoms with Crippen LogP contribution < -0.4 is 10.2 Å². The van der Waals surface area contributed by atoms with Gasteiger partial charge in [0.1, 0.15) is 0 Å². The van der Waals surface area contributed by atoms with E-state index in [-0.39, 0.29) is 10.6 Å². The van der Waals surface area contributed by atoms with E-state index < -0.39 is 0 Å². The summed E-state index contributed by atoms with van der Waals surface area (Å²) in [6.07, 6.45) is 0.994. The second kappa shape index (κ2) is 6.48. The van der Waals surface area contributed by atoms with Gasteiger partial charge in [0.2, 0.25) is 0 Å². The number of hydrogen-bond acceptors (Lipinski definition) is 3. The highest BCUT2D eigenvalue weighted by atomic mass is 16.6. The molecule has 0 unspecified atom stereocenters. The first-order valence-corrected chi connectivity index (χ1v) is 7.48. The first-order valence-electron chi connectivity index (χ1n) is 7.48. The Bertz CT molecular complexity index is 758. The predicted octanol–water partition coefficient (Wildman–Crippen LogP) is 2.73. The van der Waals surface area contributed by atoms with Crippen LogP contribution in [0.5, 0.6) is 0 Å². The minimum absolute atomic E-state index is 0.103. The molecule has 0 atom stereocenters. The number of guanidine groups is 1. The molecule has 0 fully saturated rings. The van der Waals surface area contributed by atoms with Crippen molar-refractivity contribution in [2.45, 2.75) is 13.0 Å². The monoisotopic (exact) mass is 310 g/mol. The fourth-order valence-corrected chi connectivity index (χ4v) is 2.81. The Morgan fingerprint density at radius 2 is 2.13 bits per heavy atom. The number of hydrogen-bond donors (Lipinski definition) is 1. The van der Waals surface area contributed by atoms with Gasteiger partial charge in [0, 0.05) is 38.0 Å². The summed E-state index contributed by atoms with van der Waals surface area (Å²) in [5, 5.41) is 14.1. The lowest BCUT2D eigenvalue weighted by Crippen LogP contribution is -2.40. The third-order valence-electron chi connectivity index (χ3n) is 3.93. The van der Waals surface area contributed by atoms with Crippen molar-refractivity contribution < 1.29 is 4.92 Å². The Kier molecular flexibility index (Phi) is 4.23. The van der Waals surface area contributed by atoms with Gasteiger partial charge in [-0.1, -0.05) is 30.3 Å².